The first-order valence-corrected chi connectivity index (χ1v) is 9.90. The van der Waals surface area contributed by atoms with Gasteiger partial charge < -0.3 is 15.4 Å². The molecule has 0 radical (unpaired) electrons. The maximum Gasteiger partial charge on any atom is 0.226 e. The molecule has 2 amide bonds. The van der Waals surface area contributed by atoms with Crippen molar-refractivity contribution in [2.75, 3.05) is 17.7 Å². The first-order chi connectivity index (χ1) is 14.5. The van der Waals surface area contributed by atoms with E-state index >= 15 is 0 Å². The molecule has 9 heteroatoms. The van der Waals surface area contributed by atoms with Crippen molar-refractivity contribution < 1.29 is 14.3 Å². The summed E-state index contributed by atoms with van der Waals surface area (Å²) in [5.41, 5.74) is 2.21. The van der Waals surface area contributed by atoms with E-state index < -0.39 is 0 Å². The van der Waals surface area contributed by atoms with Gasteiger partial charge in [-0.1, -0.05) is 6.92 Å². The van der Waals surface area contributed by atoms with Gasteiger partial charge in [-0.3, -0.25) is 19.3 Å². The van der Waals surface area contributed by atoms with Crippen LogP contribution in [0.25, 0.3) is 11.4 Å². The third-order valence-corrected chi connectivity index (χ3v) is 4.75. The van der Waals surface area contributed by atoms with E-state index in [4.69, 9.17) is 17.0 Å². The normalized spacial score (nSPS) is 10.5. The quantitative estimate of drug-likeness (QED) is 0.474. The molecule has 0 atom stereocenters. The predicted molar refractivity (Wildman–Crippen MR) is 118 cm³/mol. The summed E-state index contributed by atoms with van der Waals surface area (Å²) in [5.74, 6) is 1.20. The average Bonchev–Trinajstić information content (AvgIpc) is 3.14. The summed E-state index contributed by atoms with van der Waals surface area (Å²) in [7, 11) is 1.61. The Morgan fingerprint density at radius 3 is 2.20 bits per heavy atom. The van der Waals surface area contributed by atoms with E-state index in [2.05, 4.69) is 20.8 Å². The molecule has 156 valence electrons. The lowest BCUT2D eigenvalue weighted by Crippen LogP contribution is -2.15. The maximum absolute atomic E-state index is 12.4. The first-order valence-electron chi connectivity index (χ1n) is 9.49. The Balaban J connectivity index is 1.61. The summed E-state index contributed by atoms with van der Waals surface area (Å²) in [5, 5.41) is 12.7. The lowest BCUT2D eigenvalue weighted by molar-refractivity contribution is -0.117. The molecular weight excluding hydrogens is 402 g/mol. The molecule has 0 bridgehead atoms. The maximum atomic E-state index is 12.4. The van der Waals surface area contributed by atoms with Crippen LogP contribution in [-0.2, 0) is 16.1 Å². The van der Waals surface area contributed by atoms with Gasteiger partial charge in [-0.2, -0.15) is 5.10 Å². The average molecular weight is 426 g/mol. The van der Waals surface area contributed by atoms with Crippen molar-refractivity contribution in [1.82, 2.24) is 14.8 Å². The lowest BCUT2D eigenvalue weighted by Gasteiger charge is -2.09. The predicted octanol–water partition coefficient (Wildman–Crippen LogP) is 3.99. The number of methoxy groups -OCH3 is 1. The number of rotatable bonds is 8. The second-order valence-corrected chi connectivity index (χ2v) is 6.90. The molecule has 3 aromatic rings. The Hall–Kier alpha value is -3.46. The van der Waals surface area contributed by atoms with E-state index in [0.29, 0.717) is 34.9 Å². The van der Waals surface area contributed by atoms with Crippen LogP contribution < -0.4 is 15.4 Å². The zero-order valence-electron chi connectivity index (χ0n) is 16.8. The van der Waals surface area contributed by atoms with Crippen molar-refractivity contribution in [2.24, 2.45) is 0 Å². The molecule has 1 heterocycles. The minimum atomic E-state index is -0.149. The molecule has 0 spiro atoms. The number of nitrogens with one attached hydrogen (secondary N) is 3. The molecule has 30 heavy (non-hydrogen) atoms. The number of carbonyl (C=O) groups is 2. The van der Waals surface area contributed by atoms with Crippen molar-refractivity contribution in [3.05, 3.63) is 53.3 Å². The number of hydrogen-bond acceptors (Lipinski definition) is 5. The van der Waals surface area contributed by atoms with Gasteiger partial charge in [0.2, 0.25) is 11.8 Å². The van der Waals surface area contributed by atoms with Crippen LogP contribution in [0.15, 0.2) is 48.5 Å². The van der Waals surface area contributed by atoms with E-state index in [1.54, 1.807) is 42.9 Å². The zero-order chi connectivity index (χ0) is 21.5. The Labute approximate surface area is 179 Å². The number of amides is 2. The van der Waals surface area contributed by atoms with Crippen molar-refractivity contribution in [2.45, 2.75) is 26.3 Å². The summed E-state index contributed by atoms with van der Waals surface area (Å²) in [6, 6.07) is 14.4. The number of hydrogen-bond donors (Lipinski definition) is 3. The Bertz CT molecular complexity index is 1070. The molecule has 8 nitrogen and oxygen atoms in total. The summed E-state index contributed by atoms with van der Waals surface area (Å²) < 4.78 is 7.42. The molecule has 0 saturated heterocycles. The number of anilines is 2. The molecule has 2 aromatic carbocycles. The molecule has 0 unspecified atom stereocenters. The van der Waals surface area contributed by atoms with Gasteiger partial charge in [0, 0.05) is 36.3 Å². The van der Waals surface area contributed by atoms with E-state index in [9.17, 15) is 9.59 Å². The number of ether oxygens (including phenoxy) is 1. The van der Waals surface area contributed by atoms with Crippen molar-refractivity contribution in [3.8, 4) is 17.1 Å². The van der Waals surface area contributed by atoms with E-state index in [0.717, 1.165) is 11.3 Å². The summed E-state index contributed by atoms with van der Waals surface area (Å²) >= 11 is 5.32. The van der Waals surface area contributed by atoms with Crippen LogP contribution in [0.5, 0.6) is 5.75 Å². The summed E-state index contributed by atoms with van der Waals surface area (Å²) in [6.07, 6.45) is 0.638. The molecule has 3 N–H and O–H groups in total. The first kappa shape index (κ1) is 21.3. The van der Waals surface area contributed by atoms with Crippen molar-refractivity contribution >= 4 is 35.4 Å². The van der Waals surface area contributed by atoms with Crippen LogP contribution in [0.3, 0.4) is 0 Å². The van der Waals surface area contributed by atoms with Gasteiger partial charge in [-0.15, -0.1) is 0 Å². The van der Waals surface area contributed by atoms with Crippen molar-refractivity contribution in [3.63, 3.8) is 0 Å². The van der Waals surface area contributed by atoms with Gasteiger partial charge in [-0.05, 0) is 60.7 Å². The molecular formula is C21H23N5O3S. The number of aromatic amines is 1. The van der Waals surface area contributed by atoms with Crippen molar-refractivity contribution in [1.29, 1.82) is 0 Å². The van der Waals surface area contributed by atoms with Gasteiger partial charge in [-0.25, -0.2) is 0 Å². The topological polar surface area (TPSA) is 101 Å². The van der Waals surface area contributed by atoms with Crippen LogP contribution in [-0.4, -0.2) is 33.7 Å². The molecule has 0 aliphatic carbocycles. The smallest absolute Gasteiger partial charge is 0.226 e. The molecule has 3 rings (SSSR count). The van der Waals surface area contributed by atoms with E-state index in [-0.39, 0.29) is 18.2 Å². The lowest BCUT2D eigenvalue weighted by atomic mass is 10.2. The van der Waals surface area contributed by atoms with Gasteiger partial charge >= 0.3 is 0 Å². The number of benzene rings is 2. The van der Waals surface area contributed by atoms with Crippen LogP contribution in [0.1, 0.15) is 19.8 Å². The Morgan fingerprint density at radius 1 is 1.03 bits per heavy atom. The van der Waals surface area contributed by atoms with Crippen LogP contribution in [0.2, 0.25) is 0 Å². The van der Waals surface area contributed by atoms with Gasteiger partial charge in [0.1, 0.15) is 5.75 Å². The molecule has 1 aromatic heterocycles. The number of nitrogens with zero attached hydrogens (tertiary/aromatic N) is 2. The third kappa shape index (κ3) is 5.32. The highest BCUT2D eigenvalue weighted by Gasteiger charge is 2.11. The number of carbonyl (C=O) groups excluding carboxylic acids is 2. The zero-order valence-corrected chi connectivity index (χ0v) is 17.6. The van der Waals surface area contributed by atoms with Crippen LogP contribution in [0, 0.1) is 4.77 Å². The van der Waals surface area contributed by atoms with E-state index in [1.165, 1.54) is 0 Å². The summed E-state index contributed by atoms with van der Waals surface area (Å²) in [4.78, 5) is 23.8. The number of H-pyrrole nitrogens is 1. The fraction of sp³-hybridized carbons (Fsp3) is 0.238. The third-order valence-electron chi connectivity index (χ3n) is 4.44. The molecule has 0 aliphatic heterocycles. The minimum absolute atomic E-state index is 0.0590. The Morgan fingerprint density at radius 2 is 1.63 bits per heavy atom. The van der Waals surface area contributed by atoms with E-state index in [1.807, 2.05) is 24.3 Å². The monoisotopic (exact) mass is 425 g/mol. The minimum Gasteiger partial charge on any atom is -0.497 e. The molecule has 0 saturated carbocycles. The highest BCUT2D eigenvalue weighted by Crippen LogP contribution is 2.21. The largest absolute Gasteiger partial charge is 0.497 e. The fourth-order valence-electron chi connectivity index (χ4n) is 2.81. The van der Waals surface area contributed by atoms with Crippen LogP contribution >= 0.6 is 12.2 Å². The SMILES string of the molecule is CCC(=O)Nc1ccc(NC(=O)CCn2c(-c3ccc(OC)cc3)n[nH]c2=S)cc1. The number of aromatic nitrogens is 3. The molecule has 0 aliphatic rings. The standard InChI is InChI=1S/C21H23N5O3S/c1-3-18(27)22-15-6-8-16(9-7-15)23-19(28)12-13-26-20(24-25-21(26)30)14-4-10-17(29-2)11-5-14/h4-11H,3,12-13H2,1-2H3,(H,22,27)(H,23,28)(H,25,30). The fourth-order valence-corrected chi connectivity index (χ4v) is 3.03. The van der Waals surface area contributed by atoms with Gasteiger partial charge in [0.05, 0.1) is 7.11 Å². The highest BCUT2D eigenvalue weighted by molar-refractivity contribution is 7.71. The Kier molecular flexibility index (Phi) is 6.97. The highest BCUT2D eigenvalue weighted by atomic mass is 32.1. The summed E-state index contributed by atoms with van der Waals surface area (Å²) in [6.45, 7) is 2.17. The van der Waals surface area contributed by atoms with Gasteiger partial charge in [0.25, 0.3) is 0 Å². The van der Waals surface area contributed by atoms with Crippen LogP contribution in [0.4, 0.5) is 11.4 Å². The second-order valence-electron chi connectivity index (χ2n) is 6.51. The van der Waals surface area contributed by atoms with Gasteiger partial charge in [0.15, 0.2) is 10.6 Å². The molecule has 0 fully saturated rings. The second kappa shape index (κ2) is 9.84.